The number of rotatable bonds is 3. The van der Waals surface area contributed by atoms with E-state index < -0.39 is 23.3 Å². The fourth-order valence-corrected chi connectivity index (χ4v) is 5.85. The molecule has 2 heterocycles. The van der Waals surface area contributed by atoms with Crippen molar-refractivity contribution in [3.8, 4) is 0 Å². The highest BCUT2D eigenvalue weighted by Gasteiger charge is 2.65. The Bertz CT molecular complexity index is 1040. The molecule has 2 aromatic carbocycles. The van der Waals surface area contributed by atoms with Gasteiger partial charge >= 0.3 is 5.97 Å². The van der Waals surface area contributed by atoms with Gasteiger partial charge in [0.25, 0.3) is 0 Å². The minimum absolute atomic E-state index is 0.108. The van der Waals surface area contributed by atoms with Crippen LogP contribution in [0.1, 0.15) is 44.2 Å². The molecule has 30 heavy (non-hydrogen) atoms. The number of halogens is 2. The Morgan fingerprint density at radius 3 is 2.60 bits per heavy atom. The van der Waals surface area contributed by atoms with Crippen molar-refractivity contribution in [1.29, 1.82) is 0 Å². The molecule has 4 atom stereocenters. The number of benzene rings is 2. The van der Waals surface area contributed by atoms with Gasteiger partial charge in [-0.05, 0) is 69.8 Å². The van der Waals surface area contributed by atoms with E-state index in [0.29, 0.717) is 17.1 Å². The molecule has 0 bridgehead atoms. The van der Waals surface area contributed by atoms with Crippen LogP contribution >= 0.6 is 34.2 Å². The zero-order valence-electron chi connectivity index (χ0n) is 17.0. The van der Waals surface area contributed by atoms with Crippen LogP contribution in [0.15, 0.2) is 42.5 Å². The number of fused-ring (bicyclic) bond motifs is 2. The number of hydrogen-bond acceptors (Lipinski definition) is 3. The van der Waals surface area contributed by atoms with Crippen LogP contribution in [0.2, 0.25) is 5.02 Å². The maximum Gasteiger partial charge on any atom is 0.321 e. The zero-order chi connectivity index (χ0) is 21.8. The summed E-state index contributed by atoms with van der Waals surface area (Å²) >= 11 is 8.42. The Hall–Kier alpha value is -1.64. The first-order valence-corrected chi connectivity index (χ1v) is 11.4. The number of aliphatic carboxylic acids is 1. The number of carbonyl (C=O) groups excluding carboxylic acids is 1. The summed E-state index contributed by atoms with van der Waals surface area (Å²) in [5, 5.41) is 17.0. The molecular formula is C23H24ClIN2O3. The van der Waals surface area contributed by atoms with Crippen molar-refractivity contribution in [2.45, 2.75) is 50.6 Å². The molecule has 2 aromatic rings. The largest absolute Gasteiger partial charge is 0.480 e. The number of nitrogens with one attached hydrogen (secondary N) is 2. The van der Waals surface area contributed by atoms with E-state index in [1.807, 2.05) is 30.3 Å². The Balaban J connectivity index is 2.00. The van der Waals surface area contributed by atoms with Crippen LogP contribution < -0.4 is 10.6 Å². The summed E-state index contributed by atoms with van der Waals surface area (Å²) < 4.78 is 0.999. The van der Waals surface area contributed by atoms with Gasteiger partial charge in [-0.3, -0.25) is 14.9 Å². The van der Waals surface area contributed by atoms with Crippen molar-refractivity contribution < 1.29 is 14.7 Å². The summed E-state index contributed by atoms with van der Waals surface area (Å²) in [5.41, 5.74) is 1.17. The molecule has 3 N–H and O–H groups in total. The Morgan fingerprint density at radius 1 is 1.23 bits per heavy atom. The average Bonchev–Trinajstić information content (AvgIpc) is 3.10. The molecule has 4 rings (SSSR count). The van der Waals surface area contributed by atoms with Gasteiger partial charge in [-0.25, -0.2) is 0 Å². The van der Waals surface area contributed by atoms with Crippen molar-refractivity contribution >= 4 is 51.8 Å². The average molecular weight is 539 g/mol. The summed E-state index contributed by atoms with van der Waals surface area (Å²) in [7, 11) is 0. The molecule has 158 valence electrons. The molecule has 0 radical (unpaired) electrons. The summed E-state index contributed by atoms with van der Waals surface area (Å²) in [6.45, 7) is 6.31. The van der Waals surface area contributed by atoms with Crippen LogP contribution in [-0.4, -0.2) is 29.1 Å². The van der Waals surface area contributed by atoms with Crippen molar-refractivity contribution in [3.05, 3.63) is 62.2 Å². The second-order valence-corrected chi connectivity index (χ2v) is 11.0. The predicted molar refractivity (Wildman–Crippen MR) is 126 cm³/mol. The van der Waals surface area contributed by atoms with Gasteiger partial charge < -0.3 is 10.4 Å². The van der Waals surface area contributed by atoms with E-state index in [4.69, 9.17) is 11.6 Å². The molecule has 0 saturated carbocycles. The van der Waals surface area contributed by atoms with Crippen LogP contribution in [0.4, 0.5) is 5.69 Å². The van der Waals surface area contributed by atoms with E-state index in [2.05, 4.69) is 54.0 Å². The van der Waals surface area contributed by atoms with Crippen LogP contribution in [-0.2, 0) is 15.0 Å². The lowest BCUT2D eigenvalue weighted by atomic mass is 9.62. The molecule has 0 aliphatic carbocycles. The van der Waals surface area contributed by atoms with Gasteiger partial charge in [0.05, 0.1) is 0 Å². The molecule has 1 amide bonds. The minimum atomic E-state index is -1.04. The molecule has 7 heteroatoms. The monoisotopic (exact) mass is 538 g/mol. The molecule has 1 spiro atoms. The Labute approximate surface area is 194 Å². The lowest BCUT2D eigenvalue weighted by Gasteiger charge is -2.37. The molecule has 1 saturated heterocycles. The smallest absolute Gasteiger partial charge is 0.321 e. The molecule has 1 fully saturated rings. The quantitative estimate of drug-likeness (QED) is 0.492. The van der Waals surface area contributed by atoms with Gasteiger partial charge in [-0.15, -0.1) is 0 Å². The molecule has 2 aliphatic rings. The van der Waals surface area contributed by atoms with E-state index >= 15 is 0 Å². The first kappa shape index (κ1) is 21.6. The maximum absolute atomic E-state index is 13.7. The topological polar surface area (TPSA) is 78.4 Å². The van der Waals surface area contributed by atoms with Crippen LogP contribution in [0.3, 0.4) is 0 Å². The highest BCUT2D eigenvalue weighted by atomic mass is 127. The van der Waals surface area contributed by atoms with Gasteiger partial charge in [0.2, 0.25) is 5.91 Å². The molecule has 2 aliphatic heterocycles. The third-order valence-electron chi connectivity index (χ3n) is 6.10. The zero-order valence-corrected chi connectivity index (χ0v) is 19.9. The fourth-order valence-electron chi connectivity index (χ4n) is 5.11. The number of hydrogen-bond donors (Lipinski definition) is 3. The van der Waals surface area contributed by atoms with Gasteiger partial charge in [-0.2, -0.15) is 0 Å². The molecule has 4 unspecified atom stereocenters. The summed E-state index contributed by atoms with van der Waals surface area (Å²) in [6.07, 6.45) is 0.646. The van der Waals surface area contributed by atoms with E-state index in [0.717, 1.165) is 14.7 Å². The standard InChI is InChI=1S/C23H24ClIN2O3/c1-22(2,3)11-17-23(15-8-7-13(24)10-16(15)26-21(23)30)18(19(27-17)20(28)29)12-5-4-6-14(25)9-12/h4-10,17-19,27H,11H2,1-3H3,(H,26,30)(H,28,29). The van der Waals surface area contributed by atoms with E-state index in [-0.39, 0.29) is 17.4 Å². The fraction of sp³-hybridized carbons (Fsp3) is 0.391. The van der Waals surface area contributed by atoms with Gasteiger partial charge in [0, 0.05) is 26.2 Å². The number of carbonyl (C=O) groups is 2. The predicted octanol–water partition coefficient (Wildman–Crippen LogP) is 4.78. The summed E-state index contributed by atoms with van der Waals surface area (Å²) in [5.74, 6) is -1.68. The Morgan fingerprint density at radius 2 is 1.97 bits per heavy atom. The second kappa shape index (κ2) is 7.50. The third kappa shape index (κ3) is 3.42. The lowest BCUT2D eigenvalue weighted by Crippen LogP contribution is -2.49. The maximum atomic E-state index is 13.7. The number of anilines is 1. The highest BCUT2D eigenvalue weighted by Crippen LogP contribution is 2.56. The van der Waals surface area contributed by atoms with E-state index in [9.17, 15) is 14.7 Å². The van der Waals surface area contributed by atoms with Crippen molar-refractivity contribution in [1.82, 2.24) is 5.32 Å². The summed E-state index contributed by atoms with van der Waals surface area (Å²) in [6, 6.07) is 11.9. The second-order valence-electron chi connectivity index (χ2n) is 9.35. The van der Waals surface area contributed by atoms with E-state index in [1.165, 1.54) is 0 Å². The number of amides is 1. The van der Waals surface area contributed by atoms with Crippen LogP contribution in [0, 0.1) is 8.99 Å². The van der Waals surface area contributed by atoms with Gasteiger partial charge in [-0.1, -0.05) is 50.6 Å². The SMILES string of the molecule is CC(C)(C)CC1NC(C(=O)O)C(c2cccc(I)c2)C12C(=O)Nc1cc(Cl)ccc12. The minimum Gasteiger partial charge on any atom is -0.480 e. The Kier molecular flexibility index (Phi) is 5.39. The first-order chi connectivity index (χ1) is 14.0. The molecule has 0 aromatic heterocycles. The van der Waals surface area contributed by atoms with Gasteiger partial charge in [0.1, 0.15) is 11.5 Å². The third-order valence-corrected chi connectivity index (χ3v) is 7.00. The summed E-state index contributed by atoms with van der Waals surface area (Å²) in [4.78, 5) is 26.1. The normalized spacial score (nSPS) is 27.9. The molecule has 5 nitrogen and oxygen atoms in total. The number of carboxylic acid groups (broad SMARTS) is 1. The van der Waals surface area contributed by atoms with Crippen LogP contribution in [0.5, 0.6) is 0 Å². The first-order valence-electron chi connectivity index (χ1n) is 9.90. The van der Waals surface area contributed by atoms with E-state index in [1.54, 1.807) is 12.1 Å². The van der Waals surface area contributed by atoms with Gasteiger partial charge in [0.15, 0.2) is 0 Å². The number of carboxylic acids is 1. The van der Waals surface area contributed by atoms with Crippen molar-refractivity contribution in [2.24, 2.45) is 5.41 Å². The lowest BCUT2D eigenvalue weighted by molar-refractivity contribution is -0.139. The highest BCUT2D eigenvalue weighted by molar-refractivity contribution is 14.1. The van der Waals surface area contributed by atoms with Crippen molar-refractivity contribution in [3.63, 3.8) is 0 Å². The van der Waals surface area contributed by atoms with Crippen molar-refractivity contribution in [2.75, 3.05) is 5.32 Å². The molecular weight excluding hydrogens is 515 g/mol. The van der Waals surface area contributed by atoms with Crippen LogP contribution in [0.25, 0.3) is 0 Å².